The molecule has 0 spiro atoms. The van der Waals surface area contributed by atoms with Crippen LogP contribution in [0, 0.1) is 0 Å². The summed E-state index contributed by atoms with van der Waals surface area (Å²) in [5, 5.41) is 7.59. The predicted molar refractivity (Wildman–Crippen MR) is 132 cm³/mol. The Balaban J connectivity index is 0.00000149. The summed E-state index contributed by atoms with van der Waals surface area (Å²) in [6, 6.07) is 11.1. The van der Waals surface area contributed by atoms with Crippen LogP contribution in [0.25, 0.3) is 10.8 Å². The lowest BCUT2D eigenvalue weighted by Crippen LogP contribution is -2.23. The Kier molecular flexibility index (Phi) is 8.62. The molecule has 4 rings (SSSR count). The van der Waals surface area contributed by atoms with Crippen molar-refractivity contribution >= 4 is 39.8 Å². The normalized spacial score (nSPS) is 10.4. The van der Waals surface area contributed by atoms with E-state index in [-0.39, 0.29) is 11.5 Å². The molecule has 9 heteroatoms. The van der Waals surface area contributed by atoms with Crippen molar-refractivity contribution in [3.63, 3.8) is 0 Å². The van der Waals surface area contributed by atoms with Gasteiger partial charge in [0.15, 0.2) is 0 Å². The maximum absolute atomic E-state index is 12.9. The second-order valence-corrected chi connectivity index (χ2v) is 8.59. The van der Waals surface area contributed by atoms with Gasteiger partial charge in [-0.3, -0.25) is 4.79 Å². The minimum absolute atomic E-state index is 0.162. The van der Waals surface area contributed by atoms with Crippen molar-refractivity contribution in [3.05, 3.63) is 75.0 Å². The standard InChI is InChI=1S/C22H19N3O4S2.C2H6/c1-3-29-22(27)19-9-17(13-30-19)31-16-5-6-18-15(8-16)11-24-25(21(18)26)12-14-4-7-20(28-2)23-10-14;1-2/h4-11,13H,3,12H2,1-2H3;1-2H3. The SMILES string of the molecule is CC.CCOC(=O)c1cc(Sc2ccc3c(=O)n(Cc4ccc(OC)nc4)ncc3c2)cs1. The van der Waals surface area contributed by atoms with E-state index in [4.69, 9.17) is 9.47 Å². The van der Waals surface area contributed by atoms with Crippen molar-refractivity contribution in [3.8, 4) is 5.88 Å². The zero-order valence-electron chi connectivity index (χ0n) is 18.9. The quantitative estimate of drug-likeness (QED) is 0.331. The number of pyridine rings is 1. The monoisotopic (exact) mass is 483 g/mol. The van der Waals surface area contributed by atoms with E-state index in [1.54, 1.807) is 32.5 Å². The van der Waals surface area contributed by atoms with Gasteiger partial charge in [0.1, 0.15) is 4.88 Å². The van der Waals surface area contributed by atoms with E-state index in [9.17, 15) is 9.59 Å². The molecule has 1 aromatic carbocycles. The van der Waals surface area contributed by atoms with E-state index in [0.717, 1.165) is 20.7 Å². The van der Waals surface area contributed by atoms with Gasteiger partial charge in [-0.2, -0.15) is 5.10 Å². The van der Waals surface area contributed by atoms with Crippen molar-refractivity contribution in [2.75, 3.05) is 13.7 Å². The van der Waals surface area contributed by atoms with E-state index in [0.29, 0.717) is 29.3 Å². The smallest absolute Gasteiger partial charge is 0.348 e. The van der Waals surface area contributed by atoms with Gasteiger partial charge < -0.3 is 9.47 Å². The average Bonchev–Trinajstić information content (AvgIpc) is 3.31. The Labute approximate surface area is 200 Å². The number of esters is 1. The van der Waals surface area contributed by atoms with Crippen LogP contribution in [0.2, 0.25) is 0 Å². The third-order valence-corrected chi connectivity index (χ3v) is 6.47. The zero-order chi connectivity index (χ0) is 23.8. The average molecular weight is 484 g/mol. The number of benzene rings is 1. The molecule has 7 nitrogen and oxygen atoms in total. The third kappa shape index (κ3) is 6.00. The number of nitrogens with zero attached hydrogens (tertiary/aromatic N) is 3. The summed E-state index contributed by atoms with van der Waals surface area (Å²) < 4.78 is 11.5. The molecule has 33 heavy (non-hydrogen) atoms. The van der Waals surface area contributed by atoms with Crippen LogP contribution in [0.3, 0.4) is 0 Å². The number of methoxy groups -OCH3 is 1. The van der Waals surface area contributed by atoms with E-state index >= 15 is 0 Å². The fourth-order valence-corrected chi connectivity index (χ4v) is 4.80. The van der Waals surface area contributed by atoms with Gasteiger partial charge >= 0.3 is 5.97 Å². The molecule has 0 saturated heterocycles. The first-order valence-electron chi connectivity index (χ1n) is 10.5. The molecule has 0 aliphatic rings. The maximum atomic E-state index is 12.9. The lowest BCUT2D eigenvalue weighted by molar-refractivity contribution is 0.0532. The first-order valence-corrected chi connectivity index (χ1v) is 12.2. The number of carbonyl (C=O) groups is 1. The highest BCUT2D eigenvalue weighted by atomic mass is 32.2. The Morgan fingerprint density at radius 2 is 1.94 bits per heavy atom. The Bertz CT molecular complexity index is 1280. The van der Waals surface area contributed by atoms with Crippen molar-refractivity contribution in [1.29, 1.82) is 0 Å². The highest BCUT2D eigenvalue weighted by Gasteiger charge is 2.12. The lowest BCUT2D eigenvalue weighted by Gasteiger charge is -2.07. The summed E-state index contributed by atoms with van der Waals surface area (Å²) in [6.45, 7) is 6.46. The molecule has 3 heterocycles. The fraction of sp³-hybridized carbons (Fsp3) is 0.250. The number of carbonyl (C=O) groups excluding carboxylic acids is 1. The summed E-state index contributed by atoms with van der Waals surface area (Å²) in [4.78, 5) is 31.3. The molecule has 0 radical (unpaired) electrons. The van der Waals surface area contributed by atoms with Crippen LogP contribution in [-0.4, -0.2) is 34.5 Å². The van der Waals surface area contributed by atoms with Crippen molar-refractivity contribution in [2.24, 2.45) is 0 Å². The van der Waals surface area contributed by atoms with E-state index in [1.165, 1.54) is 27.8 Å². The number of thiophene rings is 1. The van der Waals surface area contributed by atoms with Crippen molar-refractivity contribution < 1.29 is 14.3 Å². The molecule has 3 aromatic heterocycles. The molecule has 0 bridgehead atoms. The number of hydrogen-bond acceptors (Lipinski definition) is 8. The maximum Gasteiger partial charge on any atom is 0.348 e. The minimum atomic E-state index is -0.310. The van der Waals surface area contributed by atoms with Crippen LogP contribution in [0.4, 0.5) is 0 Å². The highest BCUT2D eigenvalue weighted by molar-refractivity contribution is 7.99. The largest absolute Gasteiger partial charge is 0.481 e. The van der Waals surface area contributed by atoms with Gasteiger partial charge in [0, 0.05) is 32.8 Å². The Morgan fingerprint density at radius 1 is 1.12 bits per heavy atom. The second kappa shape index (κ2) is 11.6. The fourth-order valence-electron chi connectivity index (χ4n) is 2.96. The van der Waals surface area contributed by atoms with E-state index in [2.05, 4.69) is 10.1 Å². The van der Waals surface area contributed by atoms with Gasteiger partial charge in [0.05, 0.1) is 31.8 Å². The van der Waals surface area contributed by atoms with Gasteiger partial charge in [0.25, 0.3) is 5.56 Å². The third-order valence-electron chi connectivity index (χ3n) is 4.45. The molecule has 4 aromatic rings. The van der Waals surface area contributed by atoms with Gasteiger partial charge in [0.2, 0.25) is 5.88 Å². The summed E-state index contributed by atoms with van der Waals surface area (Å²) in [7, 11) is 1.56. The van der Waals surface area contributed by atoms with Crippen LogP contribution in [0.5, 0.6) is 5.88 Å². The van der Waals surface area contributed by atoms with Gasteiger partial charge in [-0.25, -0.2) is 14.5 Å². The molecular formula is C24H25N3O4S2. The van der Waals surface area contributed by atoms with Crippen molar-refractivity contribution in [2.45, 2.75) is 37.1 Å². The molecule has 0 amide bonds. The zero-order valence-corrected chi connectivity index (χ0v) is 20.5. The van der Waals surface area contributed by atoms with Gasteiger partial charge in [-0.1, -0.05) is 31.7 Å². The molecule has 0 aliphatic carbocycles. The number of aromatic nitrogens is 3. The Hall–Kier alpha value is -3.17. The molecule has 0 atom stereocenters. The lowest BCUT2D eigenvalue weighted by atomic mass is 10.2. The second-order valence-electron chi connectivity index (χ2n) is 6.53. The van der Waals surface area contributed by atoms with E-state index in [1.807, 2.05) is 49.6 Å². The molecule has 0 saturated carbocycles. The van der Waals surface area contributed by atoms with Crippen LogP contribution in [-0.2, 0) is 11.3 Å². The summed E-state index contributed by atoms with van der Waals surface area (Å²) >= 11 is 2.87. The summed E-state index contributed by atoms with van der Waals surface area (Å²) in [5.41, 5.74) is 0.696. The molecule has 0 aliphatic heterocycles. The van der Waals surface area contributed by atoms with Crippen LogP contribution < -0.4 is 10.3 Å². The first kappa shape index (κ1) is 24.5. The van der Waals surface area contributed by atoms with E-state index < -0.39 is 0 Å². The first-order chi connectivity index (χ1) is 16.1. The summed E-state index contributed by atoms with van der Waals surface area (Å²) in [6.07, 6.45) is 3.36. The molecule has 0 N–H and O–H groups in total. The predicted octanol–water partition coefficient (Wildman–Crippen LogP) is 5.26. The van der Waals surface area contributed by atoms with Gasteiger partial charge in [-0.05, 0) is 36.8 Å². The number of rotatable bonds is 7. The molecule has 0 fully saturated rings. The molecule has 172 valence electrons. The molecule has 0 unspecified atom stereocenters. The number of fused-ring (bicyclic) bond motifs is 1. The number of ether oxygens (including phenoxy) is 2. The topological polar surface area (TPSA) is 83.3 Å². The van der Waals surface area contributed by atoms with Crippen LogP contribution >= 0.6 is 23.1 Å². The van der Waals surface area contributed by atoms with Crippen molar-refractivity contribution in [1.82, 2.24) is 14.8 Å². The van der Waals surface area contributed by atoms with Crippen LogP contribution in [0.1, 0.15) is 36.0 Å². The molecular weight excluding hydrogens is 458 g/mol. The van der Waals surface area contributed by atoms with Crippen LogP contribution in [0.15, 0.2) is 68.8 Å². The highest BCUT2D eigenvalue weighted by Crippen LogP contribution is 2.32. The number of hydrogen-bond donors (Lipinski definition) is 0. The Morgan fingerprint density at radius 3 is 2.64 bits per heavy atom. The summed E-state index contributed by atoms with van der Waals surface area (Å²) in [5.74, 6) is 0.210. The minimum Gasteiger partial charge on any atom is -0.481 e. The van der Waals surface area contributed by atoms with Gasteiger partial charge in [-0.15, -0.1) is 11.3 Å².